The molecule has 0 unspecified atom stereocenters. The van der Waals surface area contributed by atoms with Crippen molar-refractivity contribution in [3.8, 4) is 0 Å². The minimum absolute atomic E-state index is 0.382. The molecule has 2 nitrogen and oxygen atoms in total. The largest absolute Gasteiger partial charge is 0.239 e. The Balaban J connectivity index is 2.64. The molecule has 0 aromatic heterocycles. The van der Waals surface area contributed by atoms with Crippen molar-refractivity contribution in [2.75, 3.05) is 0 Å². The number of hydrogen-bond donors (Lipinski definition) is 0. The third kappa shape index (κ3) is 2.09. The predicted molar refractivity (Wildman–Crippen MR) is 69.2 cm³/mol. The van der Waals surface area contributed by atoms with Crippen LogP contribution in [0.4, 0.5) is 4.39 Å². The molecule has 0 amide bonds. The van der Waals surface area contributed by atoms with Gasteiger partial charge in [0.15, 0.2) is 0 Å². The van der Waals surface area contributed by atoms with E-state index in [1.807, 2.05) is 6.07 Å². The maximum absolute atomic E-state index is 14.3. The minimum Gasteiger partial charge on any atom is -0.239 e. The van der Waals surface area contributed by atoms with E-state index in [4.69, 9.17) is 11.6 Å². The van der Waals surface area contributed by atoms with Gasteiger partial charge >= 0.3 is 0 Å². The Morgan fingerprint density at radius 3 is 2.56 bits per heavy atom. The third-order valence-electron chi connectivity index (χ3n) is 3.55. The molecule has 96 valence electrons. The number of rotatable bonds is 3. The summed E-state index contributed by atoms with van der Waals surface area (Å²) in [6.45, 7) is 2.93. The maximum atomic E-state index is 14.3. The number of isocyanates is 1. The molecule has 0 radical (unpaired) electrons. The van der Waals surface area contributed by atoms with E-state index in [1.165, 1.54) is 13.8 Å². The summed E-state index contributed by atoms with van der Waals surface area (Å²) in [5.74, 6) is 0. The highest BCUT2D eigenvalue weighted by Crippen LogP contribution is 2.49. The van der Waals surface area contributed by atoms with E-state index in [9.17, 15) is 9.18 Å². The molecule has 1 aromatic carbocycles. The highest BCUT2D eigenvalue weighted by atomic mass is 35.5. The van der Waals surface area contributed by atoms with Gasteiger partial charge in [-0.15, -0.1) is 0 Å². The topological polar surface area (TPSA) is 29.4 Å². The van der Waals surface area contributed by atoms with Crippen molar-refractivity contribution in [1.29, 1.82) is 0 Å². The van der Waals surface area contributed by atoms with Gasteiger partial charge in [-0.3, -0.25) is 0 Å². The average Bonchev–Trinajstić information content (AvgIpc) is 2.21. The number of nitrogens with zero attached hydrogens (tertiary/aromatic N) is 1. The summed E-state index contributed by atoms with van der Waals surface area (Å²) >= 11 is 6.12. The summed E-state index contributed by atoms with van der Waals surface area (Å²) in [6, 6.07) is 5.24. The summed E-state index contributed by atoms with van der Waals surface area (Å²) in [7, 11) is 0. The first kappa shape index (κ1) is 13.3. The Morgan fingerprint density at radius 1 is 1.44 bits per heavy atom. The Hall–Kier alpha value is -1.18. The fraction of sp³-hybridized carbons (Fsp3) is 0.500. The molecule has 1 saturated carbocycles. The van der Waals surface area contributed by atoms with Gasteiger partial charge in [0, 0.05) is 10.6 Å². The lowest BCUT2D eigenvalue weighted by atomic mass is 9.69. The molecular formula is C14H15ClFNO. The SMILES string of the molecule is CC(C)(F)c1c(Cl)cccc1C1(N=C=O)CCC1. The van der Waals surface area contributed by atoms with Gasteiger partial charge < -0.3 is 0 Å². The van der Waals surface area contributed by atoms with Gasteiger partial charge in [-0.05, 0) is 44.7 Å². The van der Waals surface area contributed by atoms with E-state index in [1.54, 1.807) is 18.2 Å². The van der Waals surface area contributed by atoms with Crippen LogP contribution in [0, 0.1) is 0 Å². The van der Waals surface area contributed by atoms with Crippen LogP contribution in [0.25, 0.3) is 0 Å². The lowest BCUT2D eigenvalue weighted by Crippen LogP contribution is -2.34. The van der Waals surface area contributed by atoms with Crippen LogP contribution in [0.15, 0.2) is 23.2 Å². The Labute approximate surface area is 111 Å². The fourth-order valence-electron chi connectivity index (χ4n) is 2.56. The van der Waals surface area contributed by atoms with E-state index >= 15 is 0 Å². The van der Waals surface area contributed by atoms with E-state index < -0.39 is 11.2 Å². The van der Waals surface area contributed by atoms with Crippen molar-refractivity contribution in [1.82, 2.24) is 0 Å². The van der Waals surface area contributed by atoms with Crippen LogP contribution >= 0.6 is 11.6 Å². The van der Waals surface area contributed by atoms with Crippen molar-refractivity contribution in [3.05, 3.63) is 34.3 Å². The van der Waals surface area contributed by atoms with Crippen LogP contribution in [0.1, 0.15) is 44.2 Å². The van der Waals surface area contributed by atoms with Crippen molar-refractivity contribution >= 4 is 17.7 Å². The van der Waals surface area contributed by atoms with Crippen molar-refractivity contribution in [2.45, 2.75) is 44.3 Å². The number of alkyl halides is 1. The zero-order valence-electron chi connectivity index (χ0n) is 10.5. The number of benzene rings is 1. The second-order valence-electron chi connectivity index (χ2n) is 5.22. The van der Waals surface area contributed by atoms with Crippen LogP contribution in [0.5, 0.6) is 0 Å². The van der Waals surface area contributed by atoms with Gasteiger partial charge in [-0.25, -0.2) is 9.18 Å². The first-order valence-corrected chi connectivity index (χ1v) is 6.36. The average molecular weight is 268 g/mol. The van der Waals surface area contributed by atoms with Crippen LogP contribution < -0.4 is 0 Å². The van der Waals surface area contributed by atoms with Gasteiger partial charge in [-0.2, -0.15) is 4.99 Å². The summed E-state index contributed by atoms with van der Waals surface area (Å²) in [5, 5.41) is 0.382. The number of aliphatic imine (C=N–C) groups is 1. The molecule has 0 atom stereocenters. The van der Waals surface area contributed by atoms with Crippen LogP contribution in [-0.2, 0) is 16.0 Å². The molecule has 1 aliphatic rings. The van der Waals surface area contributed by atoms with Crippen LogP contribution in [0.2, 0.25) is 5.02 Å². The van der Waals surface area contributed by atoms with Gasteiger partial charge in [0.2, 0.25) is 6.08 Å². The molecule has 1 aromatic rings. The molecule has 1 aliphatic carbocycles. The molecule has 0 saturated heterocycles. The van der Waals surface area contributed by atoms with Crippen LogP contribution in [0.3, 0.4) is 0 Å². The number of carbonyl (C=O) groups excluding carboxylic acids is 1. The van der Waals surface area contributed by atoms with Gasteiger partial charge in [0.1, 0.15) is 5.67 Å². The summed E-state index contributed by atoms with van der Waals surface area (Å²) < 4.78 is 14.3. The second-order valence-corrected chi connectivity index (χ2v) is 5.63. The lowest BCUT2D eigenvalue weighted by Gasteiger charge is -2.40. The molecule has 0 bridgehead atoms. The minimum atomic E-state index is -1.56. The number of hydrogen-bond acceptors (Lipinski definition) is 2. The quantitative estimate of drug-likeness (QED) is 0.594. The van der Waals surface area contributed by atoms with Crippen molar-refractivity contribution in [2.24, 2.45) is 4.99 Å². The third-order valence-corrected chi connectivity index (χ3v) is 3.86. The van der Waals surface area contributed by atoms with Gasteiger partial charge in [0.25, 0.3) is 0 Å². The Kier molecular flexibility index (Phi) is 3.31. The summed E-state index contributed by atoms with van der Waals surface area (Å²) in [6.07, 6.45) is 4.08. The van der Waals surface area contributed by atoms with Gasteiger partial charge in [-0.1, -0.05) is 23.7 Å². The zero-order valence-corrected chi connectivity index (χ0v) is 11.2. The maximum Gasteiger partial charge on any atom is 0.235 e. The zero-order chi connectivity index (χ0) is 13.4. The molecule has 0 aliphatic heterocycles. The highest BCUT2D eigenvalue weighted by molar-refractivity contribution is 6.31. The van der Waals surface area contributed by atoms with E-state index in [2.05, 4.69) is 4.99 Å². The fourth-order valence-corrected chi connectivity index (χ4v) is 2.96. The van der Waals surface area contributed by atoms with E-state index in [0.29, 0.717) is 10.6 Å². The lowest BCUT2D eigenvalue weighted by molar-refractivity contribution is 0.202. The standard InChI is InChI=1S/C14H15ClFNO/c1-13(2,16)12-10(5-3-6-11(12)15)14(17-9-18)7-4-8-14/h3,5-6H,4,7-8H2,1-2H3. The molecule has 0 N–H and O–H groups in total. The molecule has 4 heteroatoms. The Morgan fingerprint density at radius 2 is 2.11 bits per heavy atom. The number of halogens is 2. The highest BCUT2D eigenvalue weighted by Gasteiger charge is 2.43. The molecular weight excluding hydrogens is 253 g/mol. The molecule has 0 heterocycles. The first-order valence-electron chi connectivity index (χ1n) is 5.98. The van der Waals surface area contributed by atoms with E-state index in [-0.39, 0.29) is 0 Å². The van der Waals surface area contributed by atoms with Crippen molar-refractivity contribution in [3.63, 3.8) is 0 Å². The van der Waals surface area contributed by atoms with E-state index in [0.717, 1.165) is 24.8 Å². The molecule has 18 heavy (non-hydrogen) atoms. The van der Waals surface area contributed by atoms with Crippen LogP contribution in [-0.4, -0.2) is 6.08 Å². The first-order chi connectivity index (χ1) is 8.41. The predicted octanol–water partition coefficient (Wildman–Crippen LogP) is 4.26. The van der Waals surface area contributed by atoms with Gasteiger partial charge in [0.05, 0.1) is 5.54 Å². The second kappa shape index (κ2) is 4.49. The monoisotopic (exact) mass is 267 g/mol. The molecule has 2 rings (SSSR count). The molecule has 1 fully saturated rings. The molecule has 0 spiro atoms. The normalized spacial score (nSPS) is 17.8. The smallest absolute Gasteiger partial charge is 0.235 e. The summed E-state index contributed by atoms with van der Waals surface area (Å²) in [5.41, 5.74) is -1.03. The van der Waals surface area contributed by atoms with Crippen molar-refractivity contribution < 1.29 is 9.18 Å². The Bertz CT molecular complexity index is 511. The summed E-state index contributed by atoms with van der Waals surface area (Å²) in [4.78, 5) is 14.5.